The van der Waals surface area contributed by atoms with Gasteiger partial charge in [0.1, 0.15) is 0 Å². The van der Waals surface area contributed by atoms with Crippen LogP contribution >= 0.6 is 0 Å². The van der Waals surface area contributed by atoms with Gasteiger partial charge in [-0.1, -0.05) is 12.1 Å². The molecule has 0 saturated carbocycles. The third-order valence-corrected chi connectivity index (χ3v) is 4.26. The van der Waals surface area contributed by atoms with Crippen molar-refractivity contribution in [2.45, 2.75) is 17.2 Å². The molecule has 0 amide bonds. The van der Waals surface area contributed by atoms with Gasteiger partial charge < -0.3 is 5.11 Å². The highest BCUT2D eigenvalue weighted by Gasteiger charge is 2.38. The number of benzene rings is 1. The molecule has 0 radical (unpaired) electrons. The molecule has 1 unspecified atom stereocenters. The summed E-state index contributed by atoms with van der Waals surface area (Å²) in [4.78, 5) is 3.67. The number of pyridine rings is 1. The van der Waals surface area contributed by atoms with Crippen molar-refractivity contribution in [3.8, 4) is 0 Å². The number of aliphatic hydroxyl groups excluding tert-OH is 1. The van der Waals surface area contributed by atoms with Crippen molar-refractivity contribution >= 4 is 20.8 Å². The van der Waals surface area contributed by atoms with Crippen molar-refractivity contribution in [3.05, 3.63) is 36.7 Å². The average Bonchev–Trinajstić information content (AvgIpc) is 2.43. The van der Waals surface area contributed by atoms with Crippen LogP contribution in [0.5, 0.6) is 0 Å². The van der Waals surface area contributed by atoms with Gasteiger partial charge in [-0.05, 0) is 12.1 Å². The Morgan fingerprint density at radius 2 is 2.00 bits per heavy atom. The zero-order valence-corrected chi connectivity index (χ0v) is 11.3. The predicted molar refractivity (Wildman–Crippen MR) is 69.0 cm³/mol. The van der Waals surface area contributed by atoms with E-state index in [-0.39, 0.29) is 4.90 Å². The van der Waals surface area contributed by atoms with Gasteiger partial charge in [0.05, 0.1) is 4.90 Å². The topological polar surface area (TPSA) is 79.3 Å². The molecule has 1 aromatic carbocycles. The third-order valence-electron chi connectivity index (χ3n) is 2.77. The minimum atomic E-state index is -4.88. The number of halogens is 3. The van der Waals surface area contributed by atoms with E-state index in [1.54, 1.807) is 10.8 Å². The van der Waals surface area contributed by atoms with E-state index in [1.807, 2.05) is 0 Å². The van der Waals surface area contributed by atoms with Crippen LogP contribution in [0.15, 0.2) is 41.6 Å². The fourth-order valence-electron chi connectivity index (χ4n) is 1.71. The minimum absolute atomic E-state index is 0.170. The first kappa shape index (κ1) is 15.7. The molecule has 9 heteroatoms. The Labute approximate surface area is 118 Å². The van der Waals surface area contributed by atoms with Gasteiger partial charge in [-0.25, -0.2) is 13.1 Å². The Bertz CT molecular complexity index is 741. The Kier molecular flexibility index (Phi) is 4.17. The maximum Gasteiger partial charge on any atom is 0.415 e. The van der Waals surface area contributed by atoms with Crippen LogP contribution in [0.25, 0.3) is 10.8 Å². The van der Waals surface area contributed by atoms with Crippen LogP contribution in [0.2, 0.25) is 0 Å². The van der Waals surface area contributed by atoms with Crippen LogP contribution in [-0.2, 0) is 10.0 Å². The summed E-state index contributed by atoms with van der Waals surface area (Å²) in [6.45, 7) is -1.15. The first-order valence-electron chi connectivity index (χ1n) is 5.79. The molecular formula is C12H11F3N2O3S. The van der Waals surface area contributed by atoms with Crippen molar-refractivity contribution < 1.29 is 26.7 Å². The van der Waals surface area contributed by atoms with E-state index in [0.29, 0.717) is 10.8 Å². The normalized spacial score (nSPS) is 14.3. The summed E-state index contributed by atoms with van der Waals surface area (Å²) < 4.78 is 62.5. The van der Waals surface area contributed by atoms with Gasteiger partial charge in [0.2, 0.25) is 10.0 Å². The predicted octanol–water partition coefficient (Wildman–Crippen LogP) is 1.44. The molecule has 0 fully saturated rings. The molecule has 0 bridgehead atoms. The van der Waals surface area contributed by atoms with Crippen molar-refractivity contribution in [2.24, 2.45) is 0 Å². The van der Waals surface area contributed by atoms with Gasteiger partial charge in [-0.2, -0.15) is 13.2 Å². The highest BCUT2D eigenvalue weighted by atomic mass is 32.2. The largest absolute Gasteiger partial charge is 0.415 e. The number of nitrogens with one attached hydrogen (secondary N) is 1. The molecule has 114 valence electrons. The maximum atomic E-state index is 12.2. The summed E-state index contributed by atoms with van der Waals surface area (Å²) in [5.41, 5.74) is 0. The number of nitrogens with zero attached hydrogens (tertiary/aromatic N) is 1. The molecule has 0 spiro atoms. The number of fused-ring (bicyclic) bond motifs is 1. The molecule has 5 nitrogen and oxygen atoms in total. The summed E-state index contributed by atoms with van der Waals surface area (Å²) in [6.07, 6.45) is -4.82. The van der Waals surface area contributed by atoms with Gasteiger partial charge in [-0.15, -0.1) is 0 Å². The Balaban J connectivity index is 2.31. The Hall–Kier alpha value is -1.71. The smallest absolute Gasteiger partial charge is 0.382 e. The van der Waals surface area contributed by atoms with Gasteiger partial charge in [0.25, 0.3) is 0 Å². The summed E-state index contributed by atoms with van der Waals surface area (Å²) in [7, 11) is -4.18. The lowest BCUT2D eigenvalue weighted by Crippen LogP contribution is -2.40. The van der Waals surface area contributed by atoms with Gasteiger partial charge in [-0.3, -0.25) is 4.98 Å². The second-order valence-corrected chi connectivity index (χ2v) is 6.00. The molecule has 0 aliphatic heterocycles. The number of aromatic nitrogens is 1. The van der Waals surface area contributed by atoms with E-state index in [4.69, 9.17) is 5.11 Å². The number of rotatable bonds is 4. The molecule has 0 aliphatic carbocycles. The van der Waals surface area contributed by atoms with Crippen LogP contribution < -0.4 is 4.72 Å². The van der Waals surface area contributed by atoms with Crippen molar-refractivity contribution in [1.82, 2.24) is 9.71 Å². The number of aliphatic hydroxyl groups is 1. The Morgan fingerprint density at radius 3 is 2.67 bits per heavy atom. The minimum Gasteiger partial charge on any atom is -0.382 e. The molecule has 0 saturated heterocycles. The molecular weight excluding hydrogens is 309 g/mol. The standard InChI is InChI=1S/C12H11F3N2O3S/c13-12(14,15)11(18)7-17-21(19,20)10-3-1-2-8-6-16-5-4-9(8)10/h1-6,11,17-18H,7H2. The lowest BCUT2D eigenvalue weighted by atomic mass is 10.2. The highest BCUT2D eigenvalue weighted by Crippen LogP contribution is 2.23. The lowest BCUT2D eigenvalue weighted by molar-refractivity contribution is -0.200. The first-order chi connectivity index (χ1) is 9.72. The molecule has 1 aromatic heterocycles. The summed E-state index contributed by atoms with van der Waals surface area (Å²) >= 11 is 0. The van der Waals surface area contributed by atoms with E-state index in [9.17, 15) is 21.6 Å². The zero-order valence-electron chi connectivity index (χ0n) is 10.5. The molecule has 0 aliphatic rings. The maximum absolute atomic E-state index is 12.2. The van der Waals surface area contributed by atoms with Crippen LogP contribution in [0.1, 0.15) is 0 Å². The molecule has 2 N–H and O–H groups in total. The lowest BCUT2D eigenvalue weighted by Gasteiger charge is -2.15. The second-order valence-electron chi connectivity index (χ2n) is 4.26. The van der Waals surface area contributed by atoms with E-state index < -0.39 is 28.8 Å². The molecule has 1 atom stereocenters. The number of hydrogen-bond donors (Lipinski definition) is 2. The van der Waals surface area contributed by atoms with E-state index in [0.717, 1.165) is 0 Å². The molecule has 1 heterocycles. The zero-order chi connectivity index (χ0) is 15.7. The fourth-order valence-corrected chi connectivity index (χ4v) is 2.98. The Morgan fingerprint density at radius 1 is 1.29 bits per heavy atom. The first-order valence-corrected chi connectivity index (χ1v) is 7.27. The van der Waals surface area contributed by atoms with Gasteiger partial charge in [0.15, 0.2) is 6.10 Å². The van der Waals surface area contributed by atoms with E-state index in [2.05, 4.69) is 4.98 Å². The molecule has 2 rings (SSSR count). The van der Waals surface area contributed by atoms with Crippen LogP contribution in [0, 0.1) is 0 Å². The fraction of sp³-hybridized carbons (Fsp3) is 0.250. The third kappa shape index (κ3) is 3.49. The monoisotopic (exact) mass is 320 g/mol. The number of sulfonamides is 1. The summed E-state index contributed by atoms with van der Waals surface area (Å²) in [5.74, 6) is 0. The SMILES string of the molecule is O=S(=O)(NCC(O)C(F)(F)F)c1cccc2cnccc12. The number of hydrogen-bond acceptors (Lipinski definition) is 4. The van der Waals surface area contributed by atoms with Gasteiger partial charge >= 0.3 is 6.18 Å². The van der Waals surface area contributed by atoms with Crippen LogP contribution in [-0.4, -0.2) is 37.3 Å². The highest BCUT2D eigenvalue weighted by molar-refractivity contribution is 7.89. The molecule has 21 heavy (non-hydrogen) atoms. The van der Waals surface area contributed by atoms with Crippen molar-refractivity contribution in [2.75, 3.05) is 6.54 Å². The van der Waals surface area contributed by atoms with Gasteiger partial charge in [0, 0.05) is 29.7 Å². The van der Waals surface area contributed by atoms with E-state index >= 15 is 0 Å². The summed E-state index contributed by atoms with van der Waals surface area (Å²) in [5, 5.41) is 9.72. The quantitative estimate of drug-likeness (QED) is 0.893. The number of alkyl halides is 3. The molecule has 2 aromatic rings. The summed E-state index contributed by atoms with van der Waals surface area (Å²) in [6, 6.07) is 5.80. The van der Waals surface area contributed by atoms with Crippen molar-refractivity contribution in [1.29, 1.82) is 0 Å². The average molecular weight is 320 g/mol. The second kappa shape index (κ2) is 5.58. The van der Waals surface area contributed by atoms with E-state index in [1.165, 1.54) is 30.6 Å². The van der Waals surface area contributed by atoms with Crippen LogP contribution in [0.4, 0.5) is 13.2 Å². The van der Waals surface area contributed by atoms with Crippen LogP contribution in [0.3, 0.4) is 0 Å². The van der Waals surface area contributed by atoms with Crippen molar-refractivity contribution in [3.63, 3.8) is 0 Å².